The van der Waals surface area contributed by atoms with E-state index in [4.69, 9.17) is 10.2 Å². The minimum Gasteiger partial charge on any atom is -0.480 e. The van der Waals surface area contributed by atoms with E-state index in [1.165, 1.54) is 0 Å². The summed E-state index contributed by atoms with van der Waals surface area (Å²) in [5.74, 6) is -1.18. The summed E-state index contributed by atoms with van der Waals surface area (Å²) in [4.78, 5) is 11.5. The largest absolute Gasteiger partial charge is 0.480 e. The van der Waals surface area contributed by atoms with Crippen molar-refractivity contribution in [3.63, 3.8) is 0 Å². The van der Waals surface area contributed by atoms with Gasteiger partial charge in [-0.15, -0.1) is 0 Å². The zero-order valence-electron chi connectivity index (χ0n) is 7.87. The molecule has 4 nitrogen and oxygen atoms in total. The summed E-state index contributed by atoms with van der Waals surface area (Å²) < 4.78 is 36.0. The molecule has 7 heteroatoms. The molecule has 0 heterocycles. The first-order valence-electron chi connectivity index (χ1n) is 4.51. The number of carboxylic acid groups (broad SMARTS) is 1. The van der Waals surface area contributed by atoms with Gasteiger partial charge >= 0.3 is 12.1 Å². The lowest BCUT2D eigenvalue weighted by Gasteiger charge is -2.24. The maximum absolute atomic E-state index is 12.0. The van der Waals surface area contributed by atoms with Gasteiger partial charge in [0.1, 0.15) is 0 Å². The Hall–Kier alpha value is -0.820. The van der Waals surface area contributed by atoms with Crippen LogP contribution in [0.15, 0.2) is 0 Å². The number of hydrogen-bond acceptors (Lipinski definition) is 3. The molecule has 0 aromatic rings. The fourth-order valence-electron chi connectivity index (χ4n) is 1.28. The highest BCUT2D eigenvalue weighted by atomic mass is 19.4. The number of halogens is 3. The third kappa shape index (κ3) is 4.05. The summed E-state index contributed by atoms with van der Waals surface area (Å²) in [6.07, 6.45) is -5.78. The molecule has 1 fully saturated rings. The molecule has 0 spiro atoms. The SMILES string of the molecule is O=C(O)CN(CC(O)C(F)(F)F)C1CC1. The molecule has 0 aromatic carbocycles. The van der Waals surface area contributed by atoms with Crippen molar-refractivity contribution in [1.29, 1.82) is 0 Å². The number of aliphatic carboxylic acids is 1. The van der Waals surface area contributed by atoms with Crippen molar-refractivity contribution in [3.8, 4) is 0 Å². The Morgan fingerprint density at radius 3 is 2.33 bits per heavy atom. The Labute approximate surface area is 84.3 Å². The van der Waals surface area contributed by atoms with E-state index in [0.29, 0.717) is 12.8 Å². The second kappa shape index (κ2) is 4.36. The van der Waals surface area contributed by atoms with E-state index in [1.807, 2.05) is 0 Å². The zero-order chi connectivity index (χ0) is 11.6. The van der Waals surface area contributed by atoms with Crippen LogP contribution in [0.1, 0.15) is 12.8 Å². The standard InChI is InChI=1S/C8H12F3NO3/c9-8(10,11)6(13)3-12(4-7(14)15)5-1-2-5/h5-6,13H,1-4H2,(H,14,15). The average Bonchev–Trinajstić information content (AvgIpc) is 2.81. The lowest BCUT2D eigenvalue weighted by molar-refractivity contribution is -0.208. The Bertz CT molecular complexity index is 240. The summed E-state index contributed by atoms with van der Waals surface area (Å²) in [5, 5.41) is 17.3. The molecular formula is C8H12F3NO3. The molecule has 1 unspecified atom stereocenters. The van der Waals surface area contributed by atoms with Gasteiger partial charge in [0.15, 0.2) is 6.10 Å². The number of alkyl halides is 3. The number of aliphatic hydroxyl groups is 1. The van der Waals surface area contributed by atoms with Crippen molar-refractivity contribution in [3.05, 3.63) is 0 Å². The maximum atomic E-state index is 12.0. The van der Waals surface area contributed by atoms with Gasteiger partial charge in [0, 0.05) is 12.6 Å². The average molecular weight is 227 g/mol. The lowest BCUT2D eigenvalue weighted by Crippen LogP contribution is -2.43. The van der Waals surface area contributed by atoms with Crippen LogP contribution < -0.4 is 0 Å². The number of carboxylic acids is 1. The summed E-state index contributed by atoms with van der Waals surface area (Å²) in [6, 6.07) is -0.127. The van der Waals surface area contributed by atoms with E-state index >= 15 is 0 Å². The van der Waals surface area contributed by atoms with Crippen molar-refractivity contribution in [2.24, 2.45) is 0 Å². The van der Waals surface area contributed by atoms with E-state index in [1.54, 1.807) is 0 Å². The monoisotopic (exact) mass is 227 g/mol. The summed E-state index contributed by atoms with van der Waals surface area (Å²) in [5.41, 5.74) is 0. The van der Waals surface area contributed by atoms with Gasteiger partial charge in [0.25, 0.3) is 0 Å². The van der Waals surface area contributed by atoms with E-state index < -0.39 is 31.3 Å². The second-order valence-corrected chi connectivity index (χ2v) is 3.61. The Kier molecular flexibility index (Phi) is 3.56. The molecule has 0 bridgehead atoms. The maximum Gasteiger partial charge on any atom is 0.415 e. The van der Waals surface area contributed by atoms with Crippen LogP contribution in [0.3, 0.4) is 0 Å². The molecule has 0 saturated heterocycles. The van der Waals surface area contributed by atoms with Gasteiger partial charge in [0.05, 0.1) is 6.54 Å². The summed E-state index contributed by atoms with van der Waals surface area (Å²) in [7, 11) is 0. The minimum absolute atomic E-state index is 0.127. The van der Waals surface area contributed by atoms with Crippen LogP contribution in [0, 0.1) is 0 Å². The Balaban J connectivity index is 2.47. The van der Waals surface area contributed by atoms with E-state index in [0.717, 1.165) is 4.90 Å². The van der Waals surface area contributed by atoms with Crippen molar-refractivity contribution in [1.82, 2.24) is 4.90 Å². The fourth-order valence-corrected chi connectivity index (χ4v) is 1.28. The molecule has 1 saturated carbocycles. The number of rotatable bonds is 5. The van der Waals surface area contributed by atoms with Crippen LogP contribution in [-0.4, -0.2) is 52.5 Å². The molecule has 1 aliphatic rings. The Morgan fingerprint density at radius 1 is 1.47 bits per heavy atom. The first-order valence-corrected chi connectivity index (χ1v) is 4.51. The quantitative estimate of drug-likeness (QED) is 0.716. The number of carbonyl (C=O) groups is 1. The molecular weight excluding hydrogens is 215 g/mol. The van der Waals surface area contributed by atoms with Crippen molar-refractivity contribution in [2.75, 3.05) is 13.1 Å². The minimum atomic E-state index is -4.69. The van der Waals surface area contributed by atoms with Gasteiger partial charge in [-0.1, -0.05) is 0 Å². The molecule has 15 heavy (non-hydrogen) atoms. The van der Waals surface area contributed by atoms with Crippen molar-refractivity contribution < 1.29 is 28.2 Å². The van der Waals surface area contributed by atoms with Crippen LogP contribution in [-0.2, 0) is 4.79 Å². The van der Waals surface area contributed by atoms with Crippen LogP contribution in [0.25, 0.3) is 0 Å². The molecule has 2 N–H and O–H groups in total. The van der Waals surface area contributed by atoms with Crippen LogP contribution >= 0.6 is 0 Å². The first kappa shape index (κ1) is 12.3. The molecule has 1 rings (SSSR count). The fraction of sp³-hybridized carbons (Fsp3) is 0.875. The highest BCUT2D eigenvalue weighted by Gasteiger charge is 2.42. The van der Waals surface area contributed by atoms with Crippen LogP contribution in [0.5, 0.6) is 0 Å². The second-order valence-electron chi connectivity index (χ2n) is 3.61. The molecule has 1 aliphatic carbocycles. The number of hydrogen-bond donors (Lipinski definition) is 2. The first-order chi connectivity index (χ1) is 6.80. The van der Waals surface area contributed by atoms with E-state index in [2.05, 4.69) is 0 Å². The van der Waals surface area contributed by atoms with E-state index in [-0.39, 0.29) is 6.04 Å². The van der Waals surface area contributed by atoms with Gasteiger partial charge in [-0.3, -0.25) is 9.69 Å². The van der Waals surface area contributed by atoms with Gasteiger partial charge in [-0.2, -0.15) is 13.2 Å². The van der Waals surface area contributed by atoms with Crippen LogP contribution in [0.2, 0.25) is 0 Å². The molecule has 0 aromatic heterocycles. The van der Waals surface area contributed by atoms with Crippen LogP contribution in [0.4, 0.5) is 13.2 Å². The molecule has 0 amide bonds. The number of nitrogens with zero attached hydrogens (tertiary/aromatic N) is 1. The van der Waals surface area contributed by atoms with Gasteiger partial charge in [-0.25, -0.2) is 0 Å². The topological polar surface area (TPSA) is 60.8 Å². The summed E-state index contributed by atoms with van der Waals surface area (Å²) >= 11 is 0. The normalized spacial score (nSPS) is 19.3. The zero-order valence-corrected chi connectivity index (χ0v) is 7.87. The molecule has 0 radical (unpaired) electrons. The molecule has 1 atom stereocenters. The van der Waals surface area contributed by atoms with E-state index in [9.17, 15) is 18.0 Å². The highest BCUT2D eigenvalue weighted by molar-refractivity contribution is 5.69. The molecule has 88 valence electrons. The predicted molar refractivity (Wildman–Crippen MR) is 44.3 cm³/mol. The van der Waals surface area contributed by atoms with Crippen molar-refractivity contribution >= 4 is 5.97 Å². The van der Waals surface area contributed by atoms with Gasteiger partial charge < -0.3 is 10.2 Å². The van der Waals surface area contributed by atoms with Gasteiger partial charge in [0.2, 0.25) is 0 Å². The number of aliphatic hydroxyl groups excluding tert-OH is 1. The Morgan fingerprint density at radius 2 is 2.00 bits per heavy atom. The van der Waals surface area contributed by atoms with Crippen molar-refractivity contribution in [2.45, 2.75) is 31.2 Å². The molecule has 0 aliphatic heterocycles. The third-order valence-corrected chi connectivity index (χ3v) is 2.19. The predicted octanol–water partition coefficient (Wildman–Crippen LogP) is 0.459. The third-order valence-electron chi connectivity index (χ3n) is 2.19. The summed E-state index contributed by atoms with van der Waals surface area (Å²) in [6.45, 7) is -1.13. The smallest absolute Gasteiger partial charge is 0.415 e. The highest BCUT2D eigenvalue weighted by Crippen LogP contribution is 2.29. The van der Waals surface area contributed by atoms with Gasteiger partial charge in [-0.05, 0) is 12.8 Å². The lowest BCUT2D eigenvalue weighted by atomic mass is 10.3.